The molecule has 4 rings (SSSR count). The number of amides is 1. The van der Waals surface area contributed by atoms with Gasteiger partial charge in [0.15, 0.2) is 0 Å². The van der Waals surface area contributed by atoms with Crippen molar-refractivity contribution in [1.82, 2.24) is 5.32 Å². The molecule has 0 radical (unpaired) electrons. The van der Waals surface area contributed by atoms with Crippen LogP contribution in [-0.4, -0.2) is 10.2 Å². The number of benzene rings is 3. The SMILES string of the molecule is O=C1NC(=S)S/C1=C\c1ccc(COc2ccccc2CCc2ccccc2)cc1. The van der Waals surface area contributed by atoms with Gasteiger partial charge in [0, 0.05) is 0 Å². The molecule has 0 spiro atoms. The number of para-hydroxylation sites is 1. The molecule has 1 saturated heterocycles. The van der Waals surface area contributed by atoms with Crippen molar-refractivity contribution in [2.24, 2.45) is 0 Å². The van der Waals surface area contributed by atoms with Gasteiger partial charge in [-0.1, -0.05) is 96.8 Å². The van der Waals surface area contributed by atoms with Crippen molar-refractivity contribution in [3.05, 3.63) is 106 Å². The van der Waals surface area contributed by atoms with Crippen LogP contribution in [0.2, 0.25) is 0 Å². The molecule has 0 aromatic heterocycles. The molecule has 1 fully saturated rings. The quantitative estimate of drug-likeness (QED) is 0.394. The first kappa shape index (κ1) is 20.4. The Morgan fingerprint density at radius 2 is 1.60 bits per heavy atom. The highest BCUT2D eigenvalue weighted by Crippen LogP contribution is 2.26. The first-order valence-electron chi connectivity index (χ1n) is 9.76. The van der Waals surface area contributed by atoms with Crippen molar-refractivity contribution in [2.75, 3.05) is 0 Å². The van der Waals surface area contributed by atoms with E-state index in [-0.39, 0.29) is 5.91 Å². The van der Waals surface area contributed by atoms with Crippen molar-refractivity contribution >= 4 is 40.3 Å². The molecule has 3 aromatic rings. The zero-order valence-corrected chi connectivity index (χ0v) is 18.0. The van der Waals surface area contributed by atoms with E-state index in [9.17, 15) is 4.79 Å². The number of hydrogen-bond acceptors (Lipinski definition) is 4. The zero-order valence-electron chi connectivity index (χ0n) is 16.3. The van der Waals surface area contributed by atoms with E-state index in [1.54, 1.807) is 0 Å². The second kappa shape index (κ2) is 9.74. The van der Waals surface area contributed by atoms with Gasteiger partial charge in [0.2, 0.25) is 0 Å². The maximum Gasteiger partial charge on any atom is 0.263 e. The maximum absolute atomic E-state index is 11.8. The van der Waals surface area contributed by atoms with Crippen LogP contribution in [0.5, 0.6) is 5.75 Å². The third-order valence-electron chi connectivity index (χ3n) is 4.81. The number of carbonyl (C=O) groups is 1. The van der Waals surface area contributed by atoms with E-state index in [0.29, 0.717) is 15.8 Å². The summed E-state index contributed by atoms with van der Waals surface area (Å²) >= 11 is 6.31. The van der Waals surface area contributed by atoms with Crippen LogP contribution in [0.3, 0.4) is 0 Å². The molecule has 1 amide bonds. The predicted molar refractivity (Wildman–Crippen MR) is 127 cm³/mol. The number of nitrogens with one attached hydrogen (secondary N) is 1. The van der Waals surface area contributed by atoms with Crippen LogP contribution in [0.4, 0.5) is 0 Å². The molecule has 150 valence electrons. The highest BCUT2D eigenvalue weighted by molar-refractivity contribution is 8.26. The minimum absolute atomic E-state index is 0.135. The molecule has 1 N–H and O–H groups in total. The van der Waals surface area contributed by atoms with Crippen LogP contribution in [-0.2, 0) is 24.2 Å². The van der Waals surface area contributed by atoms with Gasteiger partial charge in [-0.05, 0) is 47.2 Å². The Hall–Kier alpha value is -2.89. The first-order chi connectivity index (χ1) is 14.7. The number of aryl methyl sites for hydroxylation is 2. The molecule has 0 atom stereocenters. The standard InChI is InChI=1S/C25H21NO2S2/c27-24-23(30-25(29)26-24)16-19-10-12-20(13-11-19)17-28-22-9-5-4-8-21(22)15-14-18-6-2-1-3-7-18/h1-13,16H,14-15,17H2,(H,26,27,29)/b23-16-. The molecule has 3 aromatic carbocycles. The summed E-state index contributed by atoms with van der Waals surface area (Å²) < 4.78 is 6.62. The Bertz CT molecular complexity index is 1080. The van der Waals surface area contributed by atoms with E-state index in [1.807, 2.05) is 48.5 Å². The average molecular weight is 432 g/mol. The first-order valence-corrected chi connectivity index (χ1v) is 11.0. The summed E-state index contributed by atoms with van der Waals surface area (Å²) in [7, 11) is 0. The van der Waals surface area contributed by atoms with Crippen LogP contribution in [0.1, 0.15) is 22.3 Å². The minimum atomic E-state index is -0.135. The van der Waals surface area contributed by atoms with E-state index in [2.05, 4.69) is 41.7 Å². The number of carbonyl (C=O) groups excluding carboxylic acids is 1. The normalized spacial score (nSPS) is 14.7. The van der Waals surface area contributed by atoms with Gasteiger partial charge in [-0.25, -0.2) is 0 Å². The lowest BCUT2D eigenvalue weighted by Gasteiger charge is -2.12. The molecule has 3 nitrogen and oxygen atoms in total. The van der Waals surface area contributed by atoms with Gasteiger partial charge in [0.25, 0.3) is 5.91 Å². The zero-order chi connectivity index (χ0) is 20.8. The van der Waals surface area contributed by atoms with Crippen LogP contribution >= 0.6 is 24.0 Å². The van der Waals surface area contributed by atoms with Gasteiger partial charge in [-0.3, -0.25) is 4.79 Å². The molecule has 0 unspecified atom stereocenters. The second-order valence-electron chi connectivity index (χ2n) is 6.98. The summed E-state index contributed by atoms with van der Waals surface area (Å²) in [5, 5.41) is 2.63. The Labute approximate surface area is 186 Å². The molecule has 1 heterocycles. The summed E-state index contributed by atoms with van der Waals surface area (Å²) in [6.45, 7) is 0.499. The maximum atomic E-state index is 11.8. The summed E-state index contributed by atoms with van der Waals surface area (Å²) in [6.07, 6.45) is 3.77. The van der Waals surface area contributed by atoms with Crippen molar-refractivity contribution in [3.63, 3.8) is 0 Å². The molecular formula is C25H21NO2S2. The molecule has 5 heteroatoms. The highest BCUT2D eigenvalue weighted by Gasteiger charge is 2.21. The summed E-state index contributed by atoms with van der Waals surface area (Å²) in [5.41, 5.74) is 4.58. The topological polar surface area (TPSA) is 38.3 Å². The third-order valence-corrected chi connectivity index (χ3v) is 5.97. The molecule has 1 aliphatic rings. The van der Waals surface area contributed by atoms with Crippen molar-refractivity contribution in [2.45, 2.75) is 19.4 Å². The van der Waals surface area contributed by atoms with Crippen LogP contribution < -0.4 is 10.1 Å². The fraction of sp³-hybridized carbons (Fsp3) is 0.120. The molecule has 0 bridgehead atoms. The number of thioether (sulfide) groups is 1. The molecular weight excluding hydrogens is 410 g/mol. The lowest BCUT2D eigenvalue weighted by atomic mass is 10.0. The van der Waals surface area contributed by atoms with E-state index >= 15 is 0 Å². The average Bonchev–Trinajstić information content (AvgIpc) is 3.09. The summed E-state index contributed by atoms with van der Waals surface area (Å²) in [6, 6.07) is 26.7. The van der Waals surface area contributed by atoms with Crippen LogP contribution in [0.15, 0.2) is 83.8 Å². The van der Waals surface area contributed by atoms with Gasteiger partial charge in [0.05, 0.1) is 4.91 Å². The molecule has 1 aliphatic heterocycles. The van der Waals surface area contributed by atoms with Gasteiger partial charge >= 0.3 is 0 Å². The Morgan fingerprint density at radius 3 is 2.33 bits per heavy atom. The number of ether oxygens (including phenoxy) is 1. The van der Waals surface area contributed by atoms with Crippen LogP contribution in [0, 0.1) is 0 Å². The number of thiocarbonyl (C=S) groups is 1. The van der Waals surface area contributed by atoms with Gasteiger partial charge in [-0.2, -0.15) is 0 Å². The van der Waals surface area contributed by atoms with E-state index < -0.39 is 0 Å². The van der Waals surface area contributed by atoms with E-state index in [4.69, 9.17) is 17.0 Å². The Morgan fingerprint density at radius 1 is 0.867 bits per heavy atom. The third kappa shape index (κ3) is 5.38. The van der Waals surface area contributed by atoms with Gasteiger partial charge in [0.1, 0.15) is 16.7 Å². The minimum Gasteiger partial charge on any atom is -0.489 e. The number of rotatable bonds is 7. The lowest BCUT2D eigenvalue weighted by molar-refractivity contribution is -0.115. The summed E-state index contributed by atoms with van der Waals surface area (Å²) in [5.74, 6) is 0.789. The monoisotopic (exact) mass is 431 g/mol. The van der Waals surface area contributed by atoms with Gasteiger partial charge in [-0.15, -0.1) is 0 Å². The lowest BCUT2D eigenvalue weighted by Crippen LogP contribution is -2.17. The smallest absolute Gasteiger partial charge is 0.263 e. The Balaban J connectivity index is 1.37. The number of hydrogen-bond donors (Lipinski definition) is 1. The van der Waals surface area contributed by atoms with Crippen molar-refractivity contribution in [3.8, 4) is 5.75 Å². The largest absolute Gasteiger partial charge is 0.489 e. The predicted octanol–water partition coefficient (Wildman–Crippen LogP) is 5.54. The van der Waals surface area contributed by atoms with E-state index in [1.165, 1.54) is 22.9 Å². The fourth-order valence-corrected chi connectivity index (χ4v) is 4.26. The molecule has 30 heavy (non-hydrogen) atoms. The van der Waals surface area contributed by atoms with E-state index in [0.717, 1.165) is 29.7 Å². The molecule has 0 saturated carbocycles. The van der Waals surface area contributed by atoms with Crippen molar-refractivity contribution in [1.29, 1.82) is 0 Å². The van der Waals surface area contributed by atoms with Crippen molar-refractivity contribution < 1.29 is 9.53 Å². The Kier molecular flexibility index (Phi) is 6.62. The highest BCUT2D eigenvalue weighted by atomic mass is 32.2. The summed E-state index contributed by atoms with van der Waals surface area (Å²) in [4.78, 5) is 12.4. The fourth-order valence-electron chi connectivity index (χ4n) is 3.22. The van der Waals surface area contributed by atoms with Crippen LogP contribution in [0.25, 0.3) is 6.08 Å². The van der Waals surface area contributed by atoms with Gasteiger partial charge < -0.3 is 10.1 Å². The molecule has 0 aliphatic carbocycles. The second-order valence-corrected chi connectivity index (χ2v) is 8.69.